The molecule has 1 N–H and O–H groups in total. The van der Waals surface area contributed by atoms with Crippen molar-refractivity contribution in [2.24, 2.45) is 0 Å². The smallest absolute Gasteiger partial charge is 0.280 e. The molecule has 1 fully saturated rings. The molecule has 1 atom stereocenters. The minimum Gasteiger partial charge on any atom is -0.491 e. The molecule has 1 aliphatic rings. The lowest BCUT2D eigenvalue weighted by atomic mass is 9.90. The van der Waals surface area contributed by atoms with Crippen LogP contribution in [0.5, 0.6) is 11.5 Å². The molecular formula is C31H33NO6. The molecule has 1 saturated heterocycles. The Morgan fingerprint density at radius 2 is 1.68 bits per heavy atom. The fourth-order valence-electron chi connectivity index (χ4n) is 4.88. The van der Waals surface area contributed by atoms with Crippen LogP contribution in [-0.2, 0) is 16.1 Å². The molecule has 5 rings (SSSR count). The Morgan fingerprint density at radius 1 is 0.947 bits per heavy atom. The third-order valence-corrected chi connectivity index (χ3v) is 6.78. The van der Waals surface area contributed by atoms with Crippen LogP contribution in [0.3, 0.4) is 0 Å². The average Bonchev–Trinajstić information content (AvgIpc) is 3.47. The summed E-state index contributed by atoms with van der Waals surface area (Å²) in [5, 5.41) is 2.31. The minimum atomic E-state index is -0.555. The van der Waals surface area contributed by atoms with Crippen LogP contribution < -0.4 is 15.0 Å². The van der Waals surface area contributed by atoms with Crippen LogP contribution in [-0.4, -0.2) is 30.3 Å². The number of hydrogen-bond acceptors (Lipinski definition) is 6. The maximum atomic E-state index is 11.3. The van der Waals surface area contributed by atoms with Crippen LogP contribution in [0.4, 0.5) is 0 Å². The second-order valence-corrected chi connectivity index (χ2v) is 10.2. The third-order valence-electron chi connectivity index (χ3n) is 6.78. The first-order valence-electron chi connectivity index (χ1n) is 12.7. The SMILES string of the molecule is Cc1cc(OC[C@H]2COC(C)(C)O2)cc(C)c1-c1cccc(COc2ccc(-c3cc(=O)[nH]o3)cc2)c1C. The van der Waals surface area contributed by atoms with E-state index in [1.807, 2.05) is 38.1 Å². The van der Waals surface area contributed by atoms with Gasteiger partial charge in [-0.15, -0.1) is 0 Å². The van der Waals surface area contributed by atoms with Gasteiger partial charge in [-0.3, -0.25) is 4.79 Å². The van der Waals surface area contributed by atoms with E-state index in [1.54, 1.807) is 0 Å². The van der Waals surface area contributed by atoms with E-state index in [1.165, 1.54) is 22.8 Å². The van der Waals surface area contributed by atoms with E-state index in [9.17, 15) is 4.79 Å². The van der Waals surface area contributed by atoms with E-state index in [0.29, 0.717) is 25.6 Å². The van der Waals surface area contributed by atoms with Crippen molar-refractivity contribution in [1.82, 2.24) is 5.16 Å². The first kappa shape index (κ1) is 25.8. The minimum absolute atomic E-state index is 0.0743. The number of aromatic nitrogens is 1. The predicted octanol–water partition coefficient (Wildman–Crippen LogP) is 6.34. The van der Waals surface area contributed by atoms with Gasteiger partial charge in [0.15, 0.2) is 11.5 Å². The fourth-order valence-corrected chi connectivity index (χ4v) is 4.88. The van der Waals surface area contributed by atoms with Gasteiger partial charge >= 0.3 is 0 Å². The fraction of sp³-hybridized carbons (Fsp3) is 0.323. The number of rotatable bonds is 8. The van der Waals surface area contributed by atoms with Gasteiger partial charge in [-0.2, -0.15) is 5.16 Å². The van der Waals surface area contributed by atoms with E-state index in [2.05, 4.69) is 56.3 Å². The van der Waals surface area contributed by atoms with Gasteiger partial charge < -0.3 is 23.5 Å². The first-order chi connectivity index (χ1) is 18.2. The number of aromatic amines is 1. The number of aryl methyl sites for hydroxylation is 2. The molecule has 1 aromatic heterocycles. The number of H-pyrrole nitrogens is 1. The highest BCUT2D eigenvalue weighted by atomic mass is 16.7. The summed E-state index contributed by atoms with van der Waals surface area (Å²) in [6.07, 6.45) is -0.0743. The molecule has 1 aliphatic heterocycles. The summed E-state index contributed by atoms with van der Waals surface area (Å²) in [5.74, 6) is 1.51. The van der Waals surface area contributed by atoms with Crippen molar-refractivity contribution in [2.75, 3.05) is 13.2 Å². The molecule has 0 aliphatic carbocycles. The van der Waals surface area contributed by atoms with Gasteiger partial charge in [-0.05, 0) is 104 Å². The molecule has 3 aromatic carbocycles. The molecule has 7 heteroatoms. The Balaban J connectivity index is 1.28. The van der Waals surface area contributed by atoms with Crippen molar-refractivity contribution in [3.8, 4) is 33.9 Å². The third kappa shape index (κ3) is 5.69. The Bertz CT molecular complexity index is 1460. The van der Waals surface area contributed by atoms with Crippen LogP contribution in [0.25, 0.3) is 22.5 Å². The molecule has 0 saturated carbocycles. The Labute approximate surface area is 222 Å². The van der Waals surface area contributed by atoms with Crippen molar-refractivity contribution < 1.29 is 23.5 Å². The van der Waals surface area contributed by atoms with Gasteiger partial charge in [-0.25, -0.2) is 0 Å². The van der Waals surface area contributed by atoms with E-state index in [0.717, 1.165) is 33.8 Å². The van der Waals surface area contributed by atoms with Crippen LogP contribution in [0.2, 0.25) is 0 Å². The highest BCUT2D eigenvalue weighted by Gasteiger charge is 2.33. The first-order valence-corrected chi connectivity index (χ1v) is 12.7. The van der Waals surface area contributed by atoms with Crippen LogP contribution in [0.15, 0.2) is 70.0 Å². The Hall–Kier alpha value is -3.81. The molecule has 0 unspecified atom stereocenters. The van der Waals surface area contributed by atoms with Crippen molar-refractivity contribution in [1.29, 1.82) is 0 Å². The monoisotopic (exact) mass is 515 g/mol. The molecule has 7 nitrogen and oxygen atoms in total. The molecule has 38 heavy (non-hydrogen) atoms. The second kappa shape index (κ2) is 10.5. The van der Waals surface area contributed by atoms with E-state index in [4.69, 9.17) is 23.5 Å². The topological polar surface area (TPSA) is 82.9 Å². The van der Waals surface area contributed by atoms with Gasteiger partial charge in [-0.1, -0.05) is 18.2 Å². The predicted molar refractivity (Wildman–Crippen MR) is 146 cm³/mol. The number of nitrogens with one attached hydrogen (secondary N) is 1. The van der Waals surface area contributed by atoms with Crippen molar-refractivity contribution >= 4 is 0 Å². The molecule has 0 bridgehead atoms. The van der Waals surface area contributed by atoms with Crippen LogP contribution >= 0.6 is 0 Å². The van der Waals surface area contributed by atoms with Crippen molar-refractivity contribution in [3.63, 3.8) is 0 Å². The lowest BCUT2D eigenvalue weighted by Crippen LogP contribution is -2.25. The summed E-state index contributed by atoms with van der Waals surface area (Å²) in [6, 6.07) is 19.4. The number of hydrogen-bond donors (Lipinski definition) is 1. The zero-order chi connectivity index (χ0) is 26.9. The van der Waals surface area contributed by atoms with Crippen LogP contribution in [0, 0.1) is 20.8 Å². The normalized spacial score (nSPS) is 16.5. The molecule has 4 aromatic rings. The summed E-state index contributed by atoms with van der Waals surface area (Å²) in [6.45, 7) is 11.6. The summed E-state index contributed by atoms with van der Waals surface area (Å²) >= 11 is 0. The van der Waals surface area contributed by atoms with Crippen molar-refractivity contribution in [2.45, 2.75) is 53.1 Å². The number of benzene rings is 3. The lowest BCUT2D eigenvalue weighted by Gasteiger charge is -2.19. The van der Waals surface area contributed by atoms with Gasteiger partial charge in [0, 0.05) is 5.56 Å². The standard InChI is InChI=1S/C31H33NO6/c1-19-13-25(35-17-26-18-36-31(4,5)37-26)14-20(2)30(19)27-8-6-7-23(21(27)3)16-34-24-11-9-22(10-12-24)28-15-29(33)32-38-28/h6-15,26H,16-18H2,1-5H3,(H,32,33)/t26-/m0/s1. The molecule has 0 radical (unpaired) electrons. The zero-order valence-electron chi connectivity index (χ0n) is 22.4. The highest BCUT2D eigenvalue weighted by Crippen LogP contribution is 2.35. The van der Waals surface area contributed by atoms with Gasteiger partial charge in [0.1, 0.15) is 30.8 Å². The maximum Gasteiger partial charge on any atom is 0.280 e. The molecule has 0 spiro atoms. The zero-order valence-corrected chi connectivity index (χ0v) is 22.4. The summed E-state index contributed by atoms with van der Waals surface area (Å²) in [4.78, 5) is 11.3. The van der Waals surface area contributed by atoms with Crippen molar-refractivity contribution in [3.05, 3.63) is 93.3 Å². The Kier molecular flexibility index (Phi) is 7.15. The molecular weight excluding hydrogens is 482 g/mol. The number of ether oxygens (including phenoxy) is 4. The van der Waals surface area contributed by atoms with E-state index < -0.39 is 5.79 Å². The quantitative estimate of drug-likeness (QED) is 0.295. The van der Waals surface area contributed by atoms with Crippen LogP contribution in [0.1, 0.15) is 36.1 Å². The largest absolute Gasteiger partial charge is 0.491 e. The van der Waals surface area contributed by atoms with E-state index in [-0.39, 0.29) is 11.7 Å². The summed E-state index contributed by atoms with van der Waals surface area (Å²) in [5.41, 5.74) is 7.52. The summed E-state index contributed by atoms with van der Waals surface area (Å²) < 4.78 is 28.8. The molecule has 0 amide bonds. The van der Waals surface area contributed by atoms with Gasteiger partial charge in [0.2, 0.25) is 0 Å². The average molecular weight is 516 g/mol. The summed E-state index contributed by atoms with van der Waals surface area (Å²) in [7, 11) is 0. The van der Waals surface area contributed by atoms with E-state index >= 15 is 0 Å². The lowest BCUT2D eigenvalue weighted by molar-refractivity contribution is -0.141. The molecule has 198 valence electrons. The van der Waals surface area contributed by atoms with Gasteiger partial charge in [0.25, 0.3) is 5.56 Å². The molecule has 2 heterocycles. The maximum absolute atomic E-state index is 11.3. The highest BCUT2D eigenvalue weighted by molar-refractivity contribution is 5.75. The Morgan fingerprint density at radius 3 is 2.32 bits per heavy atom. The van der Waals surface area contributed by atoms with Gasteiger partial charge in [0.05, 0.1) is 12.7 Å². The second-order valence-electron chi connectivity index (χ2n) is 10.2.